The number of aromatic hydroxyl groups is 1. The van der Waals surface area contributed by atoms with E-state index in [9.17, 15) is 8.78 Å². The molecule has 0 radical (unpaired) electrons. The number of benzene rings is 1. The Morgan fingerprint density at radius 2 is 1.53 bits per heavy atom. The highest BCUT2D eigenvalue weighted by Gasteiger charge is 2.12. The summed E-state index contributed by atoms with van der Waals surface area (Å²) in [6, 6.07) is 2.26. The van der Waals surface area contributed by atoms with E-state index in [4.69, 9.17) is 14.6 Å². The molecular formula is C13H19F2NO3. The molecule has 0 amide bonds. The average molecular weight is 275 g/mol. The monoisotopic (exact) mass is 275 g/mol. The Kier molecular flexibility index (Phi) is 6.69. The van der Waals surface area contributed by atoms with Crippen molar-refractivity contribution < 1.29 is 23.4 Å². The Morgan fingerprint density at radius 3 is 1.95 bits per heavy atom. The molecule has 0 saturated carbocycles. The van der Waals surface area contributed by atoms with E-state index in [1.54, 1.807) is 14.2 Å². The van der Waals surface area contributed by atoms with Gasteiger partial charge in [0.25, 0.3) is 0 Å². The van der Waals surface area contributed by atoms with Gasteiger partial charge in [0.05, 0.1) is 13.2 Å². The molecule has 1 N–H and O–H groups in total. The summed E-state index contributed by atoms with van der Waals surface area (Å²) in [5, 5.41) is 9.04. The molecule has 0 atom stereocenters. The van der Waals surface area contributed by atoms with Crippen LogP contribution in [0.25, 0.3) is 0 Å². The Balaban J connectivity index is 2.71. The molecule has 6 heteroatoms. The number of methoxy groups -OCH3 is 2. The van der Waals surface area contributed by atoms with E-state index in [1.165, 1.54) is 0 Å². The Morgan fingerprint density at radius 1 is 1.05 bits per heavy atom. The van der Waals surface area contributed by atoms with Gasteiger partial charge in [0.15, 0.2) is 17.4 Å². The lowest BCUT2D eigenvalue weighted by atomic mass is 10.2. The first-order valence-corrected chi connectivity index (χ1v) is 5.95. The van der Waals surface area contributed by atoms with Crippen LogP contribution in [0.5, 0.6) is 5.75 Å². The van der Waals surface area contributed by atoms with Gasteiger partial charge in [-0.2, -0.15) is 0 Å². The number of nitrogens with zero attached hydrogens (tertiary/aromatic N) is 1. The van der Waals surface area contributed by atoms with E-state index >= 15 is 0 Å². The van der Waals surface area contributed by atoms with Crippen molar-refractivity contribution in [2.75, 3.05) is 40.5 Å². The highest BCUT2D eigenvalue weighted by molar-refractivity contribution is 5.29. The molecule has 19 heavy (non-hydrogen) atoms. The summed E-state index contributed by atoms with van der Waals surface area (Å²) < 4.78 is 36.4. The molecule has 0 heterocycles. The molecule has 1 rings (SSSR count). The van der Waals surface area contributed by atoms with Crippen LogP contribution in [-0.4, -0.2) is 50.5 Å². The summed E-state index contributed by atoms with van der Waals surface area (Å²) in [6.45, 7) is 2.66. The summed E-state index contributed by atoms with van der Waals surface area (Å²) in [4.78, 5) is 1.96. The Hall–Kier alpha value is -1.24. The molecule has 0 saturated heterocycles. The van der Waals surface area contributed by atoms with E-state index in [1.807, 2.05) is 4.90 Å². The molecule has 0 aliphatic rings. The highest BCUT2D eigenvalue weighted by atomic mass is 19.1. The van der Waals surface area contributed by atoms with E-state index in [0.29, 0.717) is 38.4 Å². The molecule has 1 aromatic carbocycles. The number of ether oxygens (including phenoxy) is 2. The van der Waals surface area contributed by atoms with Crippen LogP contribution in [0.4, 0.5) is 8.78 Å². The zero-order valence-electron chi connectivity index (χ0n) is 11.2. The van der Waals surface area contributed by atoms with Gasteiger partial charge in [-0.05, 0) is 17.7 Å². The van der Waals surface area contributed by atoms with Gasteiger partial charge in [-0.1, -0.05) is 0 Å². The number of rotatable bonds is 8. The number of phenolic OH excluding ortho intramolecular Hbond substituents is 1. The number of hydrogen-bond donors (Lipinski definition) is 1. The topological polar surface area (TPSA) is 41.9 Å². The summed E-state index contributed by atoms with van der Waals surface area (Å²) >= 11 is 0. The second kappa shape index (κ2) is 8.04. The van der Waals surface area contributed by atoms with Crippen molar-refractivity contribution >= 4 is 0 Å². The maximum absolute atomic E-state index is 13.2. The zero-order chi connectivity index (χ0) is 14.3. The molecule has 0 unspecified atom stereocenters. The van der Waals surface area contributed by atoms with Crippen LogP contribution in [0.15, 0.2) is 12.1 Å². The largest absolute Gasteiger partial charge is 0.503 e. The first kappa shape index (κ1) is 15.8. The molecule has 4 nitrogen and oxygen atoms in total. The predicted molar refractivity (Wildman–Crippen MR) is 67.1 cm³/mol. The number of phenols is 1. The number of halogens is 2. The van der Waals surface area contributed by atoms with Crippen LogP contribution in [0.2, 0.25) is 0 Å². The van der Waals surface area contributed by atoms with Crippen molar-refractivity contribution in [3.8, 4) is 5.75 Å². The van der Waals surface area contributed by atoms with Crippen molar-refractivity contribution in [3.63, 3.8) is 0 Å². The van der Waals surface area contributed by atoms with Crippen molar-refractivity contribution in [2.45, 2.75) is 6.54 Å². The summed E-state index contributed by atoms with van der Waals surface area (Å²) in [6.07, 6.45) is 0. The minimum Gasteiger partial charge on any atom is -0.503 e. The fourth-order valence-electron chi connectivity index (χ4n) is 1.68. The predicted octanol–water partition coefficient (Wildman–Crippen LogP) is 1.77. The molecule has 108 valence electrons. The zero-order valence-corrected chi connectivity index (χ0v) is 11.2. The lowest BCUT2D eigenvalue weighted by molar-refractivity contribution is 0.110. The lowest BCUT2D eigenvalue weighted by Crippen LogP contribution is -2.30. The Labute approximate surface area is 111 Å². The second-order valence-corrected chi connectivity index (χ2v) is 4.17. The smallest absolute Gasteiger partial charge is 0.187 e. The van der Waals surface area contributed by atoms with Gasteiger partial charge in [-0.3, -0.25) is 4.90 Å². The van der Waals surface area contributed by atoms with E-state index in [0.717, 1.165) is 12.1 Å². The van der Waals surface area contributed by atoms with Gasteiger partial charge < -0.3 is 14.6 Å². The van der Waals surface area contributed by atoms with E-state index < -0.39 is 17.4 Å². The Bertz CT molecular complexity index is 370. The van der Waals surface area contributed by atoms with Gasteiger partial charge in [-0.25, -0.2) is 8.78 Å². The van der Waals surface area contributed by atoms with Crippen molar-refractivity contribution in [3.05, 3.63) is 29.3 Å². The molecule has 0 spiro atoms. The summed E-state index contributed by atoms with van der Waals surface area (Å²) in [5.41, 5.74) is 0.458. The van der Waals surface area contributed by atoms with Crippen molar-refractivity contribution in [2.24, 2.45) is 0 Å². The highest BCUT2D eigenvalue weighted by Crippen LogP contribution is 2.22. The molecule has 0 aliphatic carbocycles. The fourth-order valence-corrected chi connectivity index (χ4v) is 1.68. The third kappa shape index (κ3) is 5.10. The number of hydrogen-bond acceptors (Lipinski definition) is 4. The van der Waals surface area contributed by atoms with Gasteiger partial charge >= 0.3 is 0 Å². The SMILES string of the molecule is COCCN(CCOC)Cc1cc(F)c(O)c(F)c1. The molecule has 1 aromatic rings. The summed E-state index contributed by atoms with van der Waals surface area (Å²) in [5.74, 6) is -2.84. The average Bonchev–Trinajstić information content (AvgIpc) is 2.39. The van der Waals surface area contributed by atoms with Gasteiger partial charge in [0, 0.05) is 33.9 Å². The molecule has 0 aliphatic heterocycles. The lowest BCUT2D eigenvalue weighted by Gasteiger charge is -2.21. The van der Waals surface area contributed by atoms with Crippen LogP contribution in [0.1, 0.15) is 5.56 Å². The second-order valence-electron chi connectivity index (χ2n) is 4.17. The standard InChI is InChI=1S/C13H19F2NO3/c1-18-5-3-16(4-6-19-2)9-10-7-11(14)13(17)12(15)8-10/h7-8,17H,3-6,9H2,1-2H3. The van der Waals surface area contributed by atoms with Crippen molar-refractivity contribution in [1.82, 2.24) is 4.90 Å². The van der Waals surface area contributed by atoms with E-state index in [-0.39, 0.29) is 0 Å². The minimum atomic E-state index is -0.951. The maximum atomic E-state index is 13.2. The van der Waals surface area contributed by atoms with Crippen LogP contribution in [0.3, 0.4) is 0 Å². The normalized spacial score (nSPS) is 11.2. The first-order valence-electron chi connectivity index (χ1n) is 5.95. The maximum Gasteiger partial charge on any atom is 0.187 e. The van der Waals surface area contributed by atoms with Crippen LogP contribution >= 0.6 is 0 Å². The third-order valence-corrected chi connectivity index (χ3v) is 2.71. The quantitative estimate of drug-likeness (QED) is 0.785. The summed E-state index contributed by atoms with van der Waals surface area (Å²) in [7, 11) is 3.18. The van der Waals surface area contributed by atoms with Crippen LogP contribution in [0, 0.1) is 11.6 Å². The third-order valence-electron chi connectivity index (χ3n) is 2.71. The molecule has 0 fully saturated rings. The van der Waals surface area contributed by atoms with Gasteiger partial charge in [0.2, 0.25) is 0 Å². The van der Waals surface area contributed by atoms with Crippen molar-refractivity contribution in [1.29, 1.82) is 0 Å². The van der Waals surface area contributed by atoms with Crippen LogP contribution in [-0.2, 0) is 16.0 Å². The molecular weight excluding hydrogens is 256 g/mol. The van der Waals surface area contributed by atoms with Crippen LogP contribution < -0.4 is 0 Å². The minimum absolute atomic E-state index is 0.362. The van der Waals surface area contributed by atoms with E-state index in [2.05, 4.69) is 0 Å². The molecule has 0 aromatic heterocycles. The van der Waals surface area contributed by atoms with Gasteiger partial charge in [0.1, 0.15) is 0 Å². The first-order chi connectivity index (χ1) is 9.08. The molecule has 0 bridgehead atoms. The fraction of sp³-hybridized carbons (Fsp3) is 0.538. The van der Waals surface area contributed by atoms with Gasteiger partial charge in [-0.15, -0.1) is 0 Å².